The zero-order valence-electron chi connectivity index (χ0n) is 12.3. The molecule has 0 bridgehead atoms. The van der Waals surface area contributed by atoms with Gasteiger partial charge in [-0.05, 0) is 12.5 Å². The van der Waals surface area contributed by atoms with E-state index in [1.165, 1.54) is 7.11 Å². The Morgan fingerprint density at radius 1 is 1.00 bits per heavy atom. The molecular formula is C14H17FN6O. The molecule has 22 heavy (non-hydrogen) atoms. The minimum atomic E-state index is -0.555. The van der Waals surface area contributed by atoms with Crippen LogP contribution in [0.3, 0.4) is 0 Å². The Morgan fingerprint density at radius 3 is 2.36 bits per heavy atom. The highest BCUT2D eigenvalue weighted by atomic mass is 19.1. The maximum Gasteiger partial charge on any atom is 0.255 e. The lowest BCUT2D eigenvalue weighted by Crippen LogP contribution is -2.32. The van der Waals surface area contributed by atoms with Gasteiger partial charge in [-0.25, -0.2) is 15.0 Å². The SMILES string of the molecule is COc1nc(N2CCCN(c3ncccn3)CC2)ncc1F. The second-order valence-corrected chi connectivity index (χ2v) is 4.90. The molecule has 0 aliphatic carbocycles. The van der Waals surface area contributed by atoms with Gasteiger partial charge in [-0.15, -0.1) is 0 Å². The molecule has 7 nitrogen and oxygen atoms in total. The lowest BCUT2D eigenvalue weighted by molar-refractivity contribution is 0.367. The van der Waals surface area contributed by atoms with Crippen LogP contribution in [0, 0.1) is 5.82 Å². The maximum absolute atomic E-state index is 13.4. The van der Waals surface area contributed by atoms with Gasteiger partial charge in [-0.1, -0.05) is 0 Å². The molecule has 0 N–H and O–H groups in total. The second kappa shape index (κ2) is 6.50. The molecule has 0 amide bonds. The molecule has 2 aromatic heterocycles. The fourth-order valence-corrected chi connectivity index (χ4v) is 2.41. The van der Waals surface area contributed by atoms with E-state index in [9.17, 15) is 4.39 Å². The van der Waals surface area contributed by atoms with Crippen molar-refractivity contribution >= 4 is 11.9 Å². The number of anilines is 2. The van der Waals surface area contributed by atoms with Gasteiger partial charge in [0.1, 0.15) is 0 Å². The fraction of sp³-hybridized carbons (Fsp3) is 0.429. The summed E-state index contributed by atoms with van der Waals surface area (Å²) in [5.74, 6) is 0.619. The van der Waals surface area contributed by atoms with Crippen molar-refractivity contribution in [3.63, 3.8) is 0 Å². The van der Waals surface area contributed by atoms with Crippen LogP contribution in [0.1, 0.15) is 6.42 Å². The second-order valence-electron chi connectivity index (χ2n) is 4.90. The van der Waals surface area contributed by atoms with Crippen LogP contribution in [0.4, 0.5) is 16.3 Å². The van der Waals surface area contributed by atoms with E-state index in [4.69, 9.17) is 4.74 Å². The van der Waals surface area contributed by atoms with Crippen LogP contribution < -0.4 is 14.5 Å². The summed E-state index contributed by atoms with van der Waals surface area (Å²) in [6.45, 7) is 3.12. The summed E-state index contributed by atoms with van der Waals surface area (Å²) in [7, 11) is 1.39. The molecule has 3 rings (SSSR count). The summed E-state index contributed by atoms with van der Waals surface area (Å²) in [6, 6.07) is 1.80. The molecule has 1 aliphatic heterocycles. The molecule has 3 heterocycles. The maximum atomic E-state index is 13.4. The molecule has 0 atom stereocenters. The minimum Gasteiger partial charge on any atom is -0.479 e. The largest absolute Gasteiger partial charge is 0.479 e. The van der Waals surface area contributed by atoms with Crippen LogP contribution in [-0.2, 0) is 0 Å². The van der Waals surface area contributed by atoms with Crippen LogP contribution in [-0.4, -0.2) is 53.2 Å². The fourth-order valence-electron chi connectivity index (χ4n) is 2.41. The van der Waals surface area contributed by atoms with Gasteiger partial charge in [0.15, 0.2) is 0 Å². The topological polar surface area (TPSA) is 67.3 Å². The Hall–Kier alpha value is -2.51. The molecule has 0 radical (unpaired) electrons. The molecule has 1 saturated heterocycles. The summed E-state index contributed by atoms with van der Waals surface area (Å²) in [5, 5.41) is 0. The number of ether oxygens (including phenoxy) is 1. The first-order valence-corrected chi connectivity index (χ1v) is 7.11. The molecule has 8 heteroatoms. The van der Waals surface area contributed by atoms with Gasteiger partial charge in [0, 0.05) is 38.6 Å². The van der Waals surface area contributed by atoms with Crippen molar-refractivity contribution in [3.05, 3.63) is 30.5 Å². The standard InChI is InChI=1S/C14H17FN6O/c1-22-12-11(15)10-18-14(19-12)21-7-3-6-20(8-9-21)13-16-4-2-5-17-13/h2,4-5,10H,3,6-9H2,1H3. The van der Waals surface area contributed by atoms with Crippen LogP contribution in [0.15, 0.2) is 24.7 Å². The molecule has 0 unspecified atom stereocenters. The van der Waals surface area contributed by atoms with E-state index in [1.807, 2.05) is 4.90 Å². The smallest absolute Gasteiger partial charge is 0.255 e. The first-order chi connectivity index (χ1) is 10.8. The third kappa shape index (κ3) is 3.05. The highest BCUT2D eigenvalue weighted by Crippen LogP contribution is 2.18. The molecule has 1 fully saturated rings. The lowest BCUT2D eigenvalue weighted by atomic mass is 10.4. The number of nitrogens with zero attached hydrogens (tertiary/aromatic N) is 6. The lowest BCUT2D eigenvalue weighted by Gasteiger charge is -2.22. The van der Waals surface area contributed by atoms with E-state index < -0.39 is 5.82 Å². The predicted octanol–water partition coefficient (Wildman–Crippen LogP) is 1.13. The number of hydrogen-bond acceptors (Lipinski definition) is 7. The summed E-state index contributed by atoms with van der Waals surface area (Å²) >= 11 is 0. The summed E-state index contributed by atoms with van der Waals surface area (Å²) in [5.41, 5.74) is 0. The minimum absolute atomic E-state index is 0.0301. The van der Waals surface area contributed by atoms with Gasteiger partial charge in [-0.3, -0.25) is 0 Å². The number of aromatic nitrogens is 4. The van der Waals surface area contributed by atoms with E-state index in [-0.39, 0.29) is 5.88 Å². The average Bonchev–Trinajstić information content (AvgIpc) is 2.82. The first-order valence-electron chi connectivity index (χ1n) is 7.11. The van der Waals surface area contributed by atoms with Crippen molar-refractivity contribution in [2.75, 3.05) is 43.1 Å². The van der Waals surface area contributed by atoms with Gasteiger partial charge in [0.2, 0.25) is 17.7 Å². The average molecular weight is 304 g/mol. The van der Waals surface area contributed by atoms with Crippen LogP contribution >= 0.6 is 0 Å². The molecule has 2 aromatic rings. The normalized spacial score (nSPS) is 15.5. The Kier molecular flexibility index (Phi) is 4.27. The number of hydrogen-bond donors (Lipinski definition) is 0. The van der Waals surface area contributed by atoms with Gasteiger partial charge in [0.25, 0.3) is 5.88 Å². The van der Waals surface area contributed by atoms with Crippen molar-refractivity contribution in [2.24, 2.45) is 0 Å². The van der Waals surface area contributed by atoms with E-state index in [0.29, 0.717) is 12.5 Å². The van der Waals surface area contributed by atoms with Gasteiger partial charge >= 0.3 is 0 Å². The van der Waals surface area contributed by atoms with E-state index in [1.54, 1.807) is 18.5 Å². The summed E-state index contributed by atoms with van der Waals surface area (Å²) in [6.07, 6.45) is 5.53. The van der Waals surface area contributed by atoms with Gasteiger partial charge in [-0.2, -0.15) is 9.37 Å². The molecule has 116 valence electrons. The van der Waals surface area contributed by atoms with Crippen LogP contribution in [0.2, 0.25) is 0 Å². The van der Waals surface area contributed by atoms with Crippen molar-refractivity contribution < 1.29 is 9.13 Å². The zero-order valence-corrected chi connectivity index (χ0v) is 12.3. The highest BCUT2D eigenvalue weighted by molar-refractivity contribution is 5.36. The Bertz CT molecular complexity index is 626. The van der Waals surface area contributed by atoms with Crippen molar-refractivity contribution in [1.29, 1.82) is 0 Å². The monoisotopic (exact) mass is 304 g/mol. The number of halogens is 1. The van der Waals surface area contributed by atoms with Gasteiger partial charge < -0.3 is 14.5 Å². The molecule has 0 aromatic carbocycles. The van der Waals surface area contributed by atoms with Crippen LogP contribution in [0.5, 0.6) is 5.88 Å². The Morgan fingerprint density at radius 2 is 1.68 bits per heavy atom. The Labute approximate surface area is 127 Å². The molecular weight excluding hydrogens is 287 g/mol. The zero-order chi connectivity index (χ0) is 15.4. The van der Waals surface area contributed by atoms with E-state index in [2.05, 4.69) is 24.8 Å². The molecule has 0 spiro atoms. The molecule has 1 aliphatic rings. The first kappa shape index (κ1) is 14.4. The van der Waals surface area contributed by atoms with Crippen molar-refractivity contribution in [1.82, 2.24) is 19.9 Å². The summed E-state index contributed by atoms with van der Waals surface area (Å²) < 4.78 is 18.3. The van der Waals surface area contributed by atoms with Crippen molar-refractivity contribution in [3.8, 4) is 5.88 Å². The predicted molar refractivity (Wildman–Crippen MR) is 79.6 cm³/mol. The number of methoxy groups -OCH3 is 1. The van der Waals surface area contributed by atoms with E-state index in [0.717, 1.165) is 38.2 Å². The number of rotatable bonds is 3. The highest BCUT2D eigenvalue weighted by Gasteiger charge is 2.19. The summed E-state index contributed by atoms with van der Waals surface area (Å²) in [4.78, 5) is 20.9. The van der Waals surface area contributed by atoms with E-state index >= 15 is 0 Å². The third-order valence-electron chi connectivity index (χ3n) is 3.51. The van der Waals surface area contributed by atoms with Gasteiger partial charge in [0.05, 0.1) is 13.3 Å². The third-order valence-corrected chi connectivity index (χ3v) is 3.51. The Balaban J connectivity index is 1.73. The molecule has 0 saturated carbocycles. The quantitative estimate of drug-likeness (QED) is 0.842. The van der Waals surface area contributed by atoms with Crippen molar-refractivity contribution in [2.45, 2.75) is 6.42 Å². The van der Waals surface area contributed by atoms with Crippen LogP contribution in [0.25, 0.3) is 0 Å².